The van der Waals surface area contributed by atoms with Crippen molar-refractivity contribution in [3.05, 3.63) is 70.4 Å². The summed E-state index contributed by atoms with van der Waals surface area (Å²) in [5.74, 6) is 0.304. The molecule has 0 N–H and O–H groups in total. The predicted molar refractivity (Wildman–Crippen MR) is 95.2 cm³/mol. The molecule has 1 amide bonds. The zero-order valence-electron chi connectivity index (χ0n) is 13.6. The summed E-state index contributed by atoms with van der Waals surface area (Å²) in [5.41, 5.74) is 0.963. The highest BCUT2D eigenvalue weighted by Gasteiger charge is 2.25. The summed E-state index contributed by atoms with van der Waals surface area (Å²) < 4.78 is 0. The number of rotatable bonds is 4. The smallest absolute Gasteiger partial charge is 0.311 e. The lowest BCUT2D eigenvalue weighted by molar-refractivity contribution is -0.384. The van der Waals surface area contributed by atoms with E-state index in [0.717, 1.165) is 5.56 Å². The maximum Gasteiger partial charge on any atom is 0.311 e. The topological polar surface area (TPSA) is 79.6 Å². The standard InChI is InChI=1S/C18H18N4O3/c23-17(9-8-15-5-2-1-3-6-15)20-11-13-21(14-12-20)18-16(22(24)25)7-4-10-19-18/h1-10H,11-14H2. The average molecular weight is 338 g/mol. The van der Waals surface area contributed by atoms with Gasteiger partial charge in [-0.2, -0.15) is 0 Å². The normalized spacial score (nSPS) is 14.7. The number of hydrogen-bond donors (Lipinski definition) is 0. The Morgan fingerprint density at radius 2 is 1.80 bits per heavy atom. The minimum atomic E-state index is -0.428. The van der Waals surface area contributed by atoms with Crippen LogP contribution in [0, 0.1) is 10.1 Å². The second-order valence-corrected chi connectivity index (χ2v) is 5.66. The van der Waals surface area contributed by atoms with Crippen molar-refractivity contribution in [3.63, 3.8) is 0 Å². The van der Waals surface area contributed by atoms with Crippen LogP contribution in [0.5, 0.6) is 0 Å². The van der Waals surface area contributed by atoms with Gasteiger partial charge in [-0.25, -0.2) is 4.98 Å². The van der Waals surface area contributed by atoms with E-state index in [2.05, 4.69) is 4.98 Å². The lowest BCUT2D eigenvalue weighted by Gasteiger charge is -2.34. The van der Waals surface area contributed by atoms with Crippen LogP contribution in [-0.2, 0) is 4.79 Å². The summed E-state index contributed by atoms with van der Waals surface area (Å²) >= 11 is 0. The number of carbonyl (C=O) groups excluding carboxylic acids is 1. The van der Waals surface area contributed by atoms with Crippen molar-refractivity contribution in [2.24, 2.45) is 0 Å². The van der Waals surface area contributed by atoms with Gasteiger partial charge in [0, 0.05) is 44.5 Å². The van der Waals surface area contributed by atoms with Crippen LogP contribution in [0.15, 0.2) is 54.7 Å². The molecule has 1 aromatic carbocycles. The predicted octanol–water partition coefficient (Wildman–Crippen LogP) is 2.35. The fourth-order valence-electron chi connectivity index (χ4n) is 2.75. The molecule has 0 unspecified atom stereocenters. The Labute approximate surface area is 145 Å². The first kappa shape index (κ1) is 16.6. The van der Waals surface area contributed by atoms with E-state index in [0.29, 0.717) is 32.0 Å². The molecular formula is C18H18N4O3. The summed E-state index contributed by atoms with van der Waals surface area (Å²) in [5, 5.41) is 11.1. The van der Waals surface area contributed by atoms with Gasteiger partial charge in [0.2, 0.25) is 11.7 Å². The first-order valence-corrected chi connectivity index (χ1v) is 8.01. The van der Waals surface area contributed by atoms with Gasteiger partial charge in [0.05, 0.1) is 4.92 Å². The minimum absolute atomic E-state index is 0.00810. The van der Waals surface area contributed by atoms with Crippen LogP contribution in [0.3, 0.4) is 0 Å². The van der Waals surface area contributed by atoms with Crippen molar-refractivity contribution in [3.8, 4) is 0 Å². The number of carbonyl (C=O) groups is 1. The van der Waals surface area contributed by atoms with E-state index in [1.807, 2.05) is 35.2 Å². The molecule has 3 rings (SSSR count). The average Bonchev–Trinajstić information content (AvgIpc) is 2.67. The van der Waals surface area contributed by atoms with Crippen LogP contribution < -0.4 is 4.90 Å². The second kappa shape index (κ2) is 7.57. The molecular weight excluding hydrogens is 320 g/mol. The first-order chi connectivity index (χ1) is 12.1. The molecule has 2 aromatic rings. The number of aromatic nitrogens is 1. The first-order valence-electron chi connectivity index (χ1n) is 8.01. The molecule has 25 heavy (non-hydrogen) atoms. The van der Waals surface area contributed by atoms with Crippen molar-refractivity contribution >= 4 is 23.5 Å². The van der Waals surface area contributed by atoms with Crippen molar-refractivity contribution < 1.29 is 9.72 Å². The summed E-state index contributed by atoms with van der Waals surface area (Å²) in [7, 11) is 0. The van der Waals surface area contributed by atoms with E-state index in [-0.39, 0.29) is 11.6 Å². The number of nitro groups is 1. The molecule has 1 saturated heterocycles. The highest BCUT2D eigenvalue weighted by Crippen LogP contribution is 2.25. The third-order valence-electron chi connectivity index (χ3n) is 4.07. The molecule has 1 fully saturated rings. The van der Waals surface area contributed by atoms with Crippen molar-refractivity contribution in [2.45, 2.75) is 0 Å². The lowest BCUT2D eigenvalue weighted by Crippen LogP contribution is -2.48. The largest absolute Gasteiger partial charge is 0.347 e. The monoisotopic (exact) mass is 338 g/mol. The Balaban J connectivity index is 1.61. The number of piperazine rings is 1. The Hall–Kier alpha value is -3.22. The number of hydrogen-bond acceptors (Lipinski definition) is 5. The molecule has 1 aromatic heterocycles. The van der Waals surface area contributed by atoms with E-state index in [1.165, 1.54) is 6.07 Å². The Morgan fingerprint density at radius 1 is 1.08 bits per heavy atom. The fraction of sp³-hybridized carbons (Fsp3) is 0.222. The Morgan fingerprint density at radius 3 is 2.48 bits per heavy atom. The van der Waals surface area contributed by atoms with E-state index < -0.39 is 4.92 Å². The van der Waals surface area contributed by atoms with E-state index in [9.17, 15) is 14.9 Å². The molecule has 1 aliphatic rings. The summed E-state index contributed by atoms with van der Waals surface area (Å²) in [6, 6.07) is 12.6. The number of nitrogens with zero attached hydrogens (tertiary/aromatic N) is 4. The van der Waals surface area contributed by atoms with Gasteiger partial charge in [-0.05, 0) is 17.7 Å². The number of amides is 1. The van der Waals surface area contributed by atoms with Gasteiger partial charge in [0.25, 0.3) is 0 Å². The Bertz CT molecular complexity index is 784. The molecule has 0 spiro atoms. The molecule has 128 valence electrons. The van der Waals surface area contributed by atoms with E-state index in [1.54, 1.807) is 29.3 Å². The molecule has 0 radical (unpaired) electrons. The number of benzene rings is 1. The van der Waals surface area contributed by atoms with Crippen molar-refractivity contribution in [1.82, 2.24) is 9.88 Å². The highest BCUT2D eigenvalue weighted by molar-refractivity contribution is 5.92. The summed E-state index contributed by atoms with van der Waals surface area (Å²) in [4.78, 5) is 30.7. The van der Waals surface area contributed by atoms with Crippen molar-refractivity contribution in [1.29, 1.82) is 0 Å². The molecule has 0 saturated carbocycles. The van der Waals surface area contributed by atoms with Crippen LogP contribution >= 0.6 is 0 Å². The fourth-order valence-corrected chi connectivity index (χ4v) is 2.75. The van der Waals surface area contributed by atoms with Gasteiger partial charge in [-0.1, -0.05) is 30.3 Å². The molecule has 2 heterocycles. The summed E-state index contributed by atoms with van der Waals surface area (Å²) in [6.45, 7) is 2.04. The van der Waals surface area contributed by atoms with Gasteiger partial charge in [-0.3, -0.25) is 14.9 Å². The van der Waals surface area contributed by atoms with Gasteiger partial charge in [-0.15, -0.1) is 0 Å². The van der Waals surface area contributed by atoms with Gasteiger partial charge in [0.1, 0.15) is 0 Å². The third kappa shape index (κ3) is 4.00. The van der Waals surface area contributed by atoms with E-state index in [4.69, 9.17) is 0 Å². The maximum absolute atomic E-state index is 12.3. The van der Waals surface area contributed by atoms with Crippen LogP contribution in [-0.4, -0.2) is 46.9 Å². The zero-order chi connectivity index (χ0) is 17.6. The second-order valence-electron chi connectivity index (χ2n) is 5.66. The molecule has 7 nitrogen and oxygen atoms in total. The van der Waals surface area contributed by atoms with Crippen LogP contribution in [0.2, 0.25) is 0 Å². The van der Waals surface area contributed by atoms with Crippen molar-refractivity contribution in [2.75, 3.05) is 31.1 Å². The highest BCUT2D eigenvalue weighted by atomic mass is 16.6. The maximum atomic E-state index is 12.3. The van der Waals surface area contributed by atoms with Gasteiger partial charge in [0.15, 0.2) is 0 Å². The van der Waals surface area contributed by atoms with Gasteiger partial charge < -0.3 is 9.80 Å². The quantitative estimate of drug-likeness (QED) is 0.486. The third-order valence-corrected chi connectivity index (χ3v) is 4.07. The van der Waals surface area contributed by atoms with Crippen LogP contribution in [0.1, 0.15) is 5.56 Å². The lowest BCUT2D eigenvalue weighted by atomic mass is 10.2. The molecule has 0 bridgehead atoms. The summed E-state index contributed by atoms with van der Waals surface area (Å²) in [6.07, 6.45) is 4.90. The SMILES string of the molecule is O=C(C=Cc1ccccc1)N1CCN(c2ncccc2[N+](=O)[O-])CC1. The Kier molecular flexibility index (Phi) is 5.03. The molecule has 0 aliphatic carbocycles. The van der Waals surface area contributed by atoms with E-state index >= 15 is 0 Å². The molecule has 7 heteroatoms. The van der Waals surface area contributed by atoms with Crippen LogP contribution in [0.25, 0.3) is 6.08 Å². The number of pyridine rings is 1. The number of anilines is 1. The van der Waals surface area contributed by atoms with Gasteiger partial charge >= 0.3 is 5.69 Å². The van der Waals surface area contributed by atoms with Crippen LogP contribution in [0.4, 0.5) is 11.5 Å². The molecule has 1 aliphatic heterocycles. The zero-order valence-corrected chi connectivity index (χ0v) is 13.6. The minimum Gasteiger partial charge on any atom is -0.347 e. The molecule has 0 atom stereocenters.